The van der Waals surface area contributed by atoms with Crippen LogP contribution in [-0.2, 0) is 55.7 Å². The highest BCUT2D eigenvalue weighted by Crippen LogP contribution is 2.41. The number of methoxy groups -OCH3 is 1. The molecule has 0 N–H and O–H groups in total. The van der Waals surface area contributed by atoms with Crippen LogP contribution in [0.3, 0.4) is 0 Å². The molecule has 0 radical (unpaired) electrons. The van der Waals surface area contributed by atoms with Gasteiger partial charge in [-0.2, -0.15) is 0 Å². The summed E-state index contributed by atoms with van der Waals surface area (Å²) in [6.45, 7) is 8.73. The van der Waals surface area contributed by atoms with E-state index in [0.717, 1.165) is 34.2 Å². The Hall–Kier alpha value is -4.70. The fraction of sp³-hybridized carbons (Fsp3) is 0.405. The Bertz CT molecular complexity index is 1580. The molecule has 5 unspecified atom stereocenters. The quantitative estimate of drug-likeness (QED) is 0.192. The Morgan fingerprint density at radius 3 is 1.85 bits per heavy atom. The van der Waals surface area contributed by atoms with Gasteiger partial charge in [-0.3, -0.25) is 19.2 Å². The van der Waals surface area contributed by atoms with Crippen molar-refractivity contribution in [2.45, 2.75) is 84.9 Å². The first-order valence-electron chi connectivity index (χ1n) is 15.6. The van der Waals surface area contributed by atoms with Gasteiger partial charge in [0.15, 0.2) is 18.3 Å². The summed E-state index contributed by atoms with van der Waals surface area (Å²) in [4.78, 5) is 48.9. The van der Waals surface area contributed by atoms with E-state index in [9.17, 15) is 19.2 Å². The zero-order valence-electron chi connectivity index (χ0n) is 27.9. The SMILES string of the molecule is CCc1ccc(Cc2cc(C3OC(COC(C)=O)C(OC(C)=O)C(OC(C)=O)C3OC(C)=O)cc(-c3ccc(OC)cc3)c2C)cc1. The molecule has 0 spiro atoms. The number of hydrogen-bond acceptors (Lipinski definition) is 10. The van der Waals surface area contributed by atoms with Crippen LogP contribution in [0.15, 0.2) is 60.7 Å². The fourth-order valence-electron chi connectivity index (χ4n) is 5.83. The van der Waals surface area contributed by atoms with E-state index >= 15 is 0 Å². The van der Waals surface area contributed by atoms with Gasteiger partial charge in [-0.05, 0) is 76.9 Å². The van der Waals surface area contributed by atoms with E-state index < -0.39 is 54.4 Å². The van der Waals surface area contributed by atoms with Crippen LogP contribution in [0, 0.1) is 6.92 Å². The van der Waals surface area contributed by atoms with Gasteiger partial charge in [0.2, 0.25) is 0 Å². The molecular formula is C37H42O10. The Morgan fingerprint density at radius 1 is 0.723 bits per heavy atom. The maximum Gasteiger partial charge on any atom is 0.303 e. The normalized spacial score (nSPS) is 20.5. The average molecular weight is 647 g/mol. The second-order valence-corrected chi connectivity index (χ2v) is 11.5. The Labute approximate surface area is 275 Å². The summed E-state index contributed by atoms with van der Waals surface area (Å²) in [5, 5.41) is 0. The third kappa shape index (κ3) is 8.98. The van der Waals surface area contributed by atoms with Crippen molar-refractivity contribution in [2.24, 2.45) is 0 Å². The molecule has 10 heteroatoms. The number of ether oxygens (including phenoxy) is 6. The van der Waals surface area contributed by atoms with Crippen molar-refractivity contribution in [1.29, 1.82) is 0 Å². The summed E-state index contributed by atoms with van der Waals surface area (Å²) < 4.78 is 34.2. The van der Waals surface area contributed by atoms with Gasteiger partial charge >= 0.3 is 23.9 Å². The summed E-state index contributed by atoms with van der Waals surface area (Å²) >= 11 is 0. The number of esters is 4. The van der Waals surface area contributed by atoms with Crippen molar-refractivity contribution in [2.75, 3.05) is 13.7 Å². The minimum absolute atomic E-state index is 0.303. The van der Waals surface area contributed by atoms with Crippen molar-refractivity contribution in [3.8, 4) is 16.9 Å². The number of aryl methyl sites for hydroxylation is 1. The lowest BCUT2D eigenvalue weighted by atomic mass is 9.85. The minimum atomic E-state index is -1.27. The molecule has 1 aliphatic heterocycles. The van der Waals surface area contributed by atoms with Gasteiger partial charge in [-0.15, -0.1) is 0 Å². The van der Waals surface area contributed by atoms with Crippen LogP contribution in [0.1, 0.15) is 68.5 Å². The highest BCUT2D eigenvalue weighted by Gasteiger charge is 2.52. The molecule has 10 nitrogen and oxygen atoms in total. The average Bonchev–Trinajstić information content (AvgIpc) is 3.03. The van der Waals surface area contributed by atoms with Gasteiger partial charge in [0.25, 0.3) is 0 Å². The zero-order chi connectivity index (χ0) is 34.2. The van der Waals surface area contributed by atoms with E-state index in [2.05, 4.69) is 31.2 Å². The molecule has 5 atom stereocenters. The third-order valence-corrected chi connectivity index (χ3v) is 8.08. The van der Waals surface area contributed by atoms with E-state index in [4.69, 9.17) is 28.4 Å². The predicted octanol–water partition coefficient (Wildman–Crippen LogP) is 5.62. The molecule has 0 amide bonds. The van der Waals surface area contributed by atoms with Crippen LogP contribution in [0.2, 0.25) is 0 Å². The van der Waals surface area contributed by atoms with Gasteiger partial charge in [0.05, 0.1) is 7.11 Å². The molecule has 0 bridgehead atoms. The van der Waals surface area contributed by atoms with Gasteiger partial charge in [-0.1, -0.05) is 49.4 Å². The summed E-state index contributed by atoms with van der Waals surface area (Å²) in [6.07, 6.45) is -4.25. The molecule has 0 aliphatic carbocycles. The van der Waals surface area contributed by atoms with Crippen LogP contribution in [0.5, 0.6) is 5.75 Å². The molecule has 47 heavy (non-hydrogen) atoms. The van der Waals surface area contributed by atoms with Crippen LogP contribution < -0.4 is 4.74 Å². The molecule has 1 heterocycles. The lowest BCUT2D eigenvalue weighted by Gasteiger charge is -2.44. The molecule has 1 saturated heterocycles. The minimum Gasteiger partial charge on any atom is -0.497 e. The molecular weight excluding hydrogens is 604 g/mol. The van der Waals surface area contributed by atoms with Crippen molar-refractivity contribution in [3.63, 3.8) is 0 Å². The molecule has 0 aromatic heterocycles. The van der Waals surface area contributed by atoms with E-state index in [0.29, 0.717) is 17.7 Å². The highest BCUT2D eigenvalue weighted by atomic mass is 16.7. The largest absolute Gasteiger partial charge is 0.497 e. The van der Waals surface area contributed by atoms with Crippen molar-refractivity contribution >= 4 is 23.9 Å². The van der Waals surface area contributed by atoms with E-state index in [-0.39, 0.29) is 6.61 Å². The number of rotatable bonds is 11. The maximum absolute atomic E-state index is 12.5. The maximum atomic E-state index is 12.5. The van der Waals surface area contributed by atoms with E-state index in [1.807, 2.05) is 43.3 Å². The molecule has 3 aromatic carbocycles. The van der Waals surface area contributed by atoms with Gasteiger partial charge in [-0.25, -0.2) is 0 Å². The lowest BCUT2D eigenvalue weighted by molar-refractivity contribution is -0.254. The Balaban J connectivity index is 1.91. The number of benzene rings is 3. The van der Waals surface area contributed by atoms with E-state index in [1.54, 1.807) is 7.11 Å². The van der Waals surface area contributed by atoms with Crippen molar-refractivity contribution in [1.82, 2.24) is 0 Å². The van der Waals surface area contributed by atoms with Crippen LogP contribution in [0.25, 0.3) is 11.1 Å². The molecule has 3 aromatic rings. The number of carbonyl (C=O) groups is 4. The first-order valence-corrected chi connectivity index (χ1v) is 15.6. The molecule has 4 rings (SSSR count). The van der Waals surface area contributed by atoms with Crippen molar-refractivity contribution < 1.29 is 47.6 Å². The molecule has 1 fully saturated rings. The Kier molecular flexibility index (Phi) is 11.8. The summed E-state index contributed by atoms with van der Waals surface area (Å²) in [6, 6.07) is 20.0. The summed E-state index contributed by atoms with van der Waals surface area (Å²) in [7, 11) is 1.60. The molecule has 1 aliphatic rings. The lowest BCUT2D eigenvalue weighted by Crippen LogP contribution is -2.59. The van der Waals surface area contributed by atoms with Gasteiger partial charge < -0.3 is 28.4 Å². The second kappa shape index (κ2) is 15.7. The van der Waals surface area contributed by atoms with E-state index in [1.165, 1.54) is 33.3 Å². The van der Waals surface area contributed by atoms with Gasteiger partial charge in [0.1, 0.15) is 24.6 Å². The molecule has 0 saturated carbocycles. The smallest absolute Gasteiger partial charge is 0.303 e. The molecule has 250 valence electrons. The highest BCUT2D eigenvalue weighted by molar-refractivity contribution is 5.71. The summed E-state index contributed by atoms with van der Waals surface area (Å²) in [5.74, 6) is -1.89. The number of hydrogen-bond donors (Lipinski definition) is 0. The zero-order valence-corrected chi connectivity index (χ0v) is 27.9. The third-order valence-electron chi connectivity index (χ3n) is 8.08. The first kappa shape index (κ1) is 35.2. The van der Waals surface area contributed by atoms with Gasteiger partial charge in [0, 0.05) is 27.7 Å². The number of carbonyl (C=O) groups excluding carboxylic acids is 4. The fourth-order valence-corrected chi connectivity index (χ4v) is 5.83. The van der Waals surface area contributed by atoms with Crippen molar-refractivity contribution in [3.05, 3.63) is 88.5 Å². The first-order chi connectivity index (χ1) is 22.4. The Morgan fingerprint density at radius 2 is 1.30 bits per heavy atom. The standard InChI is InChI=1S/C37H42O10/c1-8-26-9-11-27(12-10-26)17-29-18-30(19-32(21(29)2)28-13-15-31(42-7)16-14-28)34-36(45-24(5)40)37(46-25(6)41)35(44-23(4)39)33(47-34)20-43-22(3)38/h9-16,18-19,33-37H,8,17,20H2,1-7H3. The van der Waals surface area contributed by atoms with Crippen LogP contribution >= 0.6 is 0 Å². The van der Waals surface area contributed by atoms with Crippen LogP contribution in [-0.4, -0.2) is 62.0 Å². The predicted molar refractivity (Wildman–Crippen MR) is 173 cm³/mol. The van der Waals surface area contributed by atoms with Crippen LogP contribution in [0.4, 0.5) is 0 Å². The summed E-state index contributed by atoms with van der Waals surface area (Å²) in [5.41, 5.74) is 6.80. The topological polar surface area (TPSA) is 124 Å². The second-order valence-electron chi connectivity index (χ2n) is 11.5. The monoisotopic (exact) mass is 646 g/mol.